The Bertz CT molecular complexity index is 786. The maximum atomic E-state index is 12.7. The number of fused-ring (bicyclic) bond motifs is 1. The molecular formula is C11H5F3N2S2Se. The predicted octanol–water partition coefficient (Wildman–Crippen LogP) is 3.89. The standard InChI is InChI=1S/C11H5F3N2S2Se/c12-11(13,14)6-1-2-7-8(5-6)19-16(9(7)17)10-15-3-4-18-10/h1-5H. The Balaban J connectivity index is 2.24. The molecule has 0 fully saturated rings. The molecule has 0 saturated carbocycles. The van der Waals surface area contributed by atoms with Crippen molar-refractivity contribution in [3.63, 3.8) is 0 Å². The molecule has 3 aromatic rings. The minimum absolute atomic E-state index is 0.286. The van der Waals surface area contributed by atoms with E-state index >= 15 is 0 Å². The fourth-order valence-electron chi connectivity index (χ4n) is 1.64. The molecule has 0 aliphatic heterocycles. The van der Waals surface area contributed by atoms with Crippen LogP contribution in [0.2, 0.25) is 0 Å². The molecule has 0 aliphatic rings. The summed E-state index contributed by atoms with van der Waals surface area (Å²) in [6.07, 6.45) is -2.66. The Morgan fingerprint density at radius 1 is 1.32 bits per heavy atom. The first kappa shape index (κ1) is 13.1. The molecule has 0 radical (unpaired) electrons. The van der Waals surface area contributed by atoms with Gasteiger partial charge in [-0.3, -0.25) is 0 Å². The summed E-state index contributed by atoms with van der Waals surface area (Å²) < 4.78 is 41.0. The topological polar surface area (TPSA) is 17.8 Å². The predicted molar refractivity (Wildman–Crippen MR) is 71.7 cm³/mol. The molecule has 0 atom stereocenters. The average Bonchev–Trinajstić information content (AvgIpc) is 2.96. The zero-order valence-corrected chi connectivity index (χ0v) is 12.5. The summed E-state index contributed by atoms with van der Waals surface area (Å²) in [5.41, 5.74) is -0.628. The first-order valence-corrected chi connectivity index (χ1v) is 8.01. The summed E-state index contributed by atoms with van der Waals surface area (Å²) in [6, 6.07) is 3.72. The number of halogens is 3. The quantitative estimate of drug-likeness (QED) is 0.481. The number of nitrogens with zero attached hydrogens (tertiary/aromatic N) is 2. The zero-order valence-electron chi connectivity index (χ0n) is 9.14. The number of hydrogen-bond donors (Lipinski definition) is 0. The molecular weight excluding hydrogens is 360 g/mol. The molecule has 2 heterocycles. The van der Waals surface area contributed by atoms with Crippen LogP contribution in [0.25, 0.3) is 14.8 Å². The first-order chi connectivity index (χ1) is 8.97. The van der Waals surface area contributed by atoms with E-state index in [1.165, 1.54) is 23.5 Å². The van der Waals surface area contributed by atoms with Gasteiger partial charge in [-0.2, -0.15) is 0 Å². The van der Waals surface area contributed by atoms with Gasteiger partial charge in [-0.05, 0) is 0 Å². The van der Waals surface area contributed by atoms with Crippen LogP contribution in [0.4, 0.5) is 13.2 Å². The van der Waals surface area contributed by atoms with Crippen molar-refractivity contribution in [1.29, 1.82) is 0 Å². The molecule has 0 unspecified atom stereocenters. The molecule has 0 saturated heterocycles. The van der Waals surface area contributed by atoms with E-state index in [9.17, 15) is 13.2 Å². The van der Waals surface area contributed by atoms with Gasteiger partial charge in [-0.1, -0.05) is 0 Å². The summed E-state index contributed by atoms with van der Waals surface area (Å²) in [7, 11) is 0. The Morgan fingerprint density at radius 2 is 2.11 bits per heavy atom. The molecule has 0 aliphatic carbocycles. The van der Waals surface area contributed by atoms with Gasteiger partial charge in [0.1, 0.15) is 0 Å². The Kier molecular flexibility index (Phi) is 3.13. The van der Waals surface area contributed by atoms with Crippen LogP contribution in [0.3, 0.4) is 0 Å². The number of benzene rings is 1. The van der Waals surface area contributed by atoms with Gasteiger partial charge in [0.25, 0.3) is 0 Å². The Labute approximate surface area is 121 Å². The molecule has 2 nitrogen and oxygen atoms in total. The van der Waals surface area contributed by atoms with Gasteiger partial charge in [-0.15, -0.1) is 0 Å². The Morgan fingerprint density at radius 3 is 2.74 bits per heavy atom. The van der Waals surface area contributed by atoms with Crippen LogP contribution < -0.4 is 0 Å². The van der Waals surface area contributed by atoms with Gasteiger partial charge in [0, 0.05) is 0 Å². The van der Waals surface area contributed by atoms with Gasteiger partial charge in [0.05, 0.1) is 0 Å². The van der Waals surface area contributed by atoms with Gasteiger partial charge in [0.15, 0.2) is 0 Å². The van der Waals surface area contributed by atoms with Gasteiger partial charge < -0.3 is 0 Å². The number of aromatic nitrogens is 2. The fourth-order valence-corrected chi connectivity index (χ4v) is 5.31. The van der Waals surface area contributed by atoms with Crippen molar-refractivity contribution < 1.29 is 13.2 Å². The molecule has 2 aromatic heterocycles. The third-order valence-electron chi connectivity index (χ3n) is 2.51. The van der Waals surface area contributed by atoms with E-state index in [2.05, 4.69) is 4.98 Å². The summed E-state index contributed by atoms with van der Waals surface area (Å²) in [5.74, 6) is 0. The molecule has 3 rings (SSSR count). The van der Waals surface area contributed by atoms with Crippen molar-refractivity contribution in [3.8, 4) is 5.13 Å². The van der Waals surface area contributed by atoms with Crippen LogP contribution in [0.15, 0.2) is 29.8 Å². The average molecular weight is 365 g/mol. The number of rotatable bonds is 1. The fraction of sp³-hybridized carbons (Fsp3) is 0.0909. The van der Waals surface area contributed by atoms with Crippen molar-refractivity contribution in [3.05, 3.63) is 40.0 Å². The van der Waals surface area contributed by atoms with Crippen LogP contribution >= 0.6 is 23.6 Å². The van der Waals surface area contributed by atoms with E-state index < -0.39 is 11.7 Å². The van der Waals surface area contributed by atoms with Crippen molar-refractivity contribution in [2.24, 2.45) is 0 Å². The van der Waals surface area contributed by atoms with Gasteiger partial charge >= 0.3 is 121 Å². The molecule has 0 bridgehead atoms. The normalized spacial score (nSPS) is 12.2. The second-order valence-electron chi connectivity index (χ2n) is 3.71. The second kappa shape index (κ2) is 4.56. The minimum atomic E-state index is -4.32. The molecule has 0 N–H and O–H groups in total. The van der Waals surface area contributed by atoms with Crippen LogP contribution in [-0.4, -0.2) is 23.3 Å². The monoisotopic (exact) mass is 366 g/mol. The molecule has 98 valence electrons. The summed E-state index contributed by atoms with van der Waals surface area (Å²) in [6.45, 7) is 0. The summed E-state index contributed by atoms with van der Waals surface area (Å²) in [5, 5.41) is 3.26. The maximum absolute atomic E-state index is 12.7. The SMILES string of the molecule is FC(F)(F)c1ccc2c(=S)n(-c3nccs3)[se]c2c1. The summed E-state index contributed by atoms with van der Waals surface area (Å²) in [4.78, 5) is 4.15. The summed E-state index contributed by atoms with van der Waals surface area (Å²) >= 11 is 6.45. The van der Waals surface area contributed by atoms with E-state index in [0.717, 1.165) is 11.2 Å². The Hall–Kier alpha value is -0.951. The van der Waals surface area contributed by atoms with Crippen LogP contribution in [0, 0.1) is 4.64 Å². The van der Waals surface area contributed by atoms with Crippen LogP contribution in [0.5, 0.6) is 0 Å². The molecule has 8 heteroatoms. The molecule has 19 heavy (non-hydrogen) atoms. The van der Waals surface area contributed by atoms with E-state index in [4.69, 9.17) is 12.2 Å². The molecule has 0 amide bonds. The third kappa shape index (κ3) is 2.29. The van der Waals surface area contributed by atoms with Crippen molar-refractivity contribution in [2.45, 2.75) is 6.18 Å². The molecule has 0 spiro atoms. The van der Waals surface area contributed by atoms with Gasteiger partial charge in [0.2, 0.25) is 0 Å². The van der Waals surface area contributed by atoms with Crippen molar-refractivity contribution in [2.75, 3.05) is 0 Å². The van der Waals surface area contributed by atoms with Crippen molar-refractivity contribution in [1.82, 2.24) is 8.55 Å². The van der Waals surface area contributed by atoms with Crippen LogP contribution in [0.1, 0.15) is 5.56 Å². The van der Waals surface area contributed by atoms with E-state index in [1.807, 2.05) is 8.94 Å². The van der Waals surface area contributed by atoms with Gasteiger partial charge in [-0.25, -0.2) is 0 Å². The first-order valence-electron chi connectivity index (χ1n) is 5.10. The van der Waals surface area contributed by atoms with E-state index in [1.54, 1.807) is 6.20 Å². The number of thiazole rings is 1. The van der Waals surface area contributed by atoms with Crippen molar-refractivity contribution >= 4 is 47.9 Å². The number of hydrogen-bond acceptors (Lipinski definition) is 3. The third-order valence-corrected chi connectivity index (χ3v) is 6.44. The van der Waals surface area contributed by atoms with E-state index in [-0.39, 0.29) is 14.7 Å². The van der Waals surface area contributed by atoms with Crippen LogP contribution in [-0.2, 0) is 6.18 Å². The molecule has 1 aromatic carbocycles. The van der Waals surface area contributed by atoms with E-state index in [0.29, 0.717) is 14.3 Å². The zero-order chi connectivity index (χ0) is 13.6. The second-order valence-corrected chi connectivity index (χ2v) is 7.05. The number of alkyl halides is 3.